The predicted octanol–water partition coefficient (Wildman–Crippen LogP) is 3.07. The number of hydrogen-bond donors (Lipinski definition) is 3. The molecule has 0 bridgehead atoms. The number of halogens is 1. The lowest BCUT2D eigenvalue weighted by molar-refractivity contribution is 0.181. The summed E-state index contributed by atoms with van der Waals surface area (Å²) in [5.74, 6) is 0.704. The van der Waals surface area contributed by atoms with Gasteiger partial charge in [0.2, 0.25) is 0 Å². The van der Waals surface area contributed by atoms with Gasteiger partial charge >= 0.3 is 0 Å². The highest BCUT2D eigenvalue weighted by Gasteiger charge is 2.16. The molecule has 3 N–H and O–H groups in total. The molecular weight excluding hydrogens is 318 g/mol. The number of aliphatic imine (C=N–C) groups is 1. The Hall–Kier alpha value is -0.910. The standard InChI is InChI=1S/C16H26ClN3OS/c1-5-18-15(20-11-16(2,3)22-4)19-10-14(21)12-8-6-7-9-13(12)17/h6-9,14,21H,5,10-11H2,1-4H3,(H2,18,19,20). The van der Waals surface area contributed by atoms with E-state index in [4.69, 9.17) is 11.6 Å². The molecule has 6 heteroatoms. The molecule has 0 aliphatic carbocycles. The van der Waals surface area contributed by atoms with Gasteiger partial charge in [-0.05, 0) is 33.1 Å². The summed E-state index contributed by atoms with van der Waals surface area (Å²) in [5.41, 5.74) is 0.719. The summed E-state index contributed by atoms with van der Waals surface area (Å²) in [7, 11) is 0. The van der Waals surface area contributed by atoms with Crippen molar-refractivity contribution < 1.29 is 5.11 Å². The van der Waals surface area contributed by atoms with Gasteiger partial charge in [-0.2, -0.15) is 11.8 Å². The van der Waals surface area contributed by atoms with Crippen molar-refractivity contribution in [3.8, 4) is 0 Å². The molecule has 0 aromatic heterocycles. The minimum Gasteiger partial charge on any atom is -0.387 e. The Kier molecular flexibility index (Phi) is 8.07. The third kappa shape index (κ3) is 6.46. The van der Waals surface area contributed by atoms with Gasteiger partial charge in [0, 0.05) is 28.4 Å². The number of hydrogen-bond acceptors (Lipinski definition) is 3. The van der Waals surface area contributed by atoms with Crippen molar-refractivity contribution in [2.45, 2.75) is 31.6 Å². The molecule has 22 heavy (non-hydrogen) atoms. The van der Waals surface area contributed by atoms with Crippen LogP contribution in [0.25, 0.3) is 0 Å². The molecule has 4 nitrogen and oxygen atoms in total. The van der Waals surface area contributed by atoms with Gasteiger partial charge in [0.1, 0.15) is 0 Å². The number of nitrogens with one attached hydrogen (secondary N) is 2. The molecule has 1 atom stereocenters. The zero-order valence-electron chi connectivity index (χ0n) is 13.7. The van der Waals surface area contributed by atoms with Crippen molar-refractivity contribution in [1.29, 1.82) is 0 Å². The summed E-state index contributed by atoms with van der Waals surface area (Å²) in [4.78, 5) is 4.57. The number of aliphatic hydroxyl groups excluding tert-OH is 1. The van der Waals surface area contributed by atoms with Crippen molar-refractivity contribution in [3.63, 3.8) is 0 Å². The van der Waals surface area contributed by atoms with Crippen LogP contribution in [0.4, 0.5) is 0 Å². The largest absolute Gasteiger partial charge is 0.387 e. The molecule has 0 saturated carbocycles. The number of nitrogens with zero attached hydrogens (tertiary/aromatic N) is 1. The van der Waals surface area contributed by atoms with Crippen LogP contribution in [0, 0.1) is 0 Å². The van der Waals surface area contributed by atoms with Crippen LogP contribution in [0.1, 0.15) is 32.4 Å². The van der Waals surface area contributed by atoms with Gasteiger partial charge in [-0.25, -0.2) is 0 Å². The highest BCUT2D eigenvalue weighted by molar-refractivity contribution is 7.99. The Bertz CT molecular complexity index is 494. The van der Waals surface area contributed by atoms with Crippen LogP contribution in [-0.2, 0) is 0 Å². The van der Waals surface area contributed by atoms with E-state index in [-0.39, 0.29) is 4.75 Å². The number of thioether (sulfide) groups is 1. The zero-order chi connectivity index (χ0) is 16.6. The summed E-state index contributed by atoms with van der Waals surface area (Å²) in [6.45, 7) is 8.16. The first-order valence-corrected chi connectivity index (χ1v) is 8.99. The van der Waals surface area contributed by atoms with E-state index >= 15 is 0 Å². The third-order valence-corrected chi connectivity index (χ3v) is 4.82. The molecule has 0 fully saturated rings. The van der Waals surface area contributed by atoms with Crippen LogP contribution in [0.2, 0.25) is 5.02 Å². The van der Waals surface area contributed by atoms with E-state index in [0.29, 0.717) is 24.1 Å². The Morgan fingerprint density at radius 2 is 2.05 bits per heavy atom. The first kappa shape index (κ1) is 19.1. The Morgan fingerprint density at radius 1 is 1.36 bits per heavy atom. The second kappa shape index (κ2) is 9.28. The first-order valence-electron chi connectivity index (χ1n) is 7.39. The molecule has 0 amide bonds. The molecule has 0 saturated heterocycles. The highest BCUT2D eigenvalue weighted by atomic mass is 35.5. The van der Waals surface area contributed by atoms with Gasteiger partial charge in [0.25, 0.3) is 0 Å². The molecule has 0 radical (unpaired) electrons. The summed E-state index contributed by atoms with van der Waals surface area (Å²) in [6, 6.07) is 7.32. The van der Waals surface area contributed by atoms with Crippen molar-refractivity contribution in [2.24, 2.45) is 4.99 Å². The van der Waals surface area contributed by atoms with Crippen molar-refractivity contribution >= 4 is 29.3 Å². The van der Waals surface area contributed by atoms with Gasteiger partial charge < -0.3 is 15.7 Å². The normalized spacial score (nSPS) is 13.8. The fraction of sp³-hybridized carbons (Fsp3) is 0.562. The lowest BCUT2D eigenvalue weighted by Gasteiger charge is -2.21. The molecule has 0 heterocycles. The van der Waals surface area contributed by atoms with Crippen LogP contribution in [0.15, 0.2) is 29.3 Å². The third-order valence-electron chi connectivity index (χ3n) is 3.24. The molecule has 0 aliphatic rings. The number of rotatable bonds is 7. The maximum atomic E-state index is 10.3. The molecular formula is C16H26ClN3OS. The van der Waals surface area contributed by atoms with Crippen molar-refractivity contribution in [2.75, 3.05) is 25.9 Å². The number of benzene rings is 1. The molecule has 1 aromatic carbocycles. The fourth-order valence-corrected chi connectivity index (χ4v) is 2.18. The minimum atomic E-state index is -0.675. The maximum Gasteiger partial charge on any atom is 0.191 e. The molecule has 124 valence electrons. The Morgan fingerprint density at radius 3 is 2.64 bits per heavy atom. The predicted molar refractivity (Wildman–Crippen MR) is 98.0 cm³/mol. The monoisotopic (exact) mass is 343 g/mol. The van der Waals surface area contributed by atoms with Crippen LogP contribution < -0.4 is 10.6 Å². The van der Waals surface area contributed by atoms with Gasteiger partial charge in [-0.15, -0.1) is 0 Å². The van der Waals surface area contributed by atoms with Crippen LogP contribution in [-0.4, -0.2) is 41.7 Å². The van der Waals surface area contributed by atoms with E-state index in [1.807, 2.05) is 25.1 Å². The quantitative estimate of drug-likeness (QED) is 0.526. The second-order valence-electron chi connectivity index (χ2n) is 5.58. The zero-order valence-corrected chi connectivity index (χ0v) is 15.3. The van der Waals surface area contributed by atoms with Crippen LogP contribution >= 0.6 is 23.4 Å². The van der Waals surface area contributed by atoms with Crippen LogP contribution in [0.5, 0.6) is 0 Å². The summed E-state index contributed by atoms with van der Waals surface area (Å²) in [5, 5.41) is 17.2. The number of guanidine groups is 1. The second-order valence-corrected chi connectivity index (χ2v) is 7.50. The Labute approximate surface area is 142 Å². The fourth-order valence-electron chi connectivity index (χ4n) is 1.72. The van der Waals surface area contributed by atoms with Crippen molar-refractivity contribution in [3.05, 3.63) is 34.9 Å². The summed E-state index contributed by atoms with van der Waals surface area (Å²) < 4.78 is 0.0870. The Balaban J connectivity index is 2.64. The molecule has 1 unspecified atom stereocenters. The first-order chi connectivity index (χ1) is 10.4. The van der Waals surface area contributed by atoms with E-state index in [2.05, 4.69) is 35.7 Å². The van der Waals surface area contributed by atoms with E-state index in [1.54, 1.807) is 17.8 Å². The summed E-state index contributed by atoms with van der Waals surface area (Å²) in [6.07, 6.45) is 1.41. The van der Waals surface area contributed by atoms with Crippen molar-refractivity contribution in [1.82, 2.24) is 10.6 Å². The topological polar surface area (TPSA) is 56.7 Å². The average molecular weight is 344 g/mol. The van der Waals surface area contributed by atoms with Gasteiger partial charge in [-0.3, -0.25) is 4.99 Å². The molecule has 1 rings (SSSR count). The summed E-state index contributed by atoms with van der Waals surface area (Å²) >= 11 is 7.88. The average Bonchev–Trinajstić information content (AvgIpc) is 2.50. The van der Waals surface area contributed by atoms with Crippen LogP contribution in [0.3, 0.4) is 0 Å². The van der Waals surface area contributed by atoms with E-state index in [0.717, 1.165) is 12.1 Å². The molecule has 0 spiro atoms. The number of aliphatic hydroxyl groups is 1. The van der Waals surface area contributed by atoms with E-state index in [1.165, 1.54) is 0 Å². The molecule has 1 aromatic rings. The van der Waals surface area contributed by atoms with E-state index < -0.39 is 6.10 Å². The lowest BCUT2D eigenvalue weighted by atomic mass is 10.1. The minimum absolute atomic E-state index is 0.0870. The smallest absolute Gasteiger partial charge is 0.191 e. The highest BCUT2D eigenvalue weighted by Crippen LogP contribution is 2.22. The lowest BCUT2D eigenvalue weighted by Crippen LogP contribution is -2.40. The molecule has 0 aliphatic heterocycles. The SMILES string of the molecule is CCNC(=NCC(C)(C)SC)NCC(O)c1ccccc1Cl. The van der Waals surface area contributed by atoms with Gasteiger partial charge in [0.15, 0.2) is 5.96 Å². The maximum absolute atomic E-state index is 10.3. The van der Waals surface area contributed by atoms with Gasteiger partial charge in [0.05, 0.1) is 12.6 Å². The van der Waals surface area contributed by atoms with E-state index in [9.17, 15) is 5.11 Å². The van der Waals surface area contributed by atoms with Gasteiger partial charge in [-0.1, -0.05) is 29.8 Å².